The average molecular weight is 198 g/mol. The Bertz CT molecular complexity index is 193. The number of carbonyl (C=O) groups is 1. The molecule has 1 saturated heterocycles. The van der Waals surface area contributed by atoms with Gasteiger partial charge in [-0.2, -0.15) is 0 Å². The molecule has 1 rings (SSSR count). The molecule has 1 amide bonds. The van der Waals surface area contributed by atoms with Crippen LogP contribution >= 0.6 is 0 Å². The Labute approximate surface area is 86.6 Å². The predicted octanol–water partition coefficient (Wildman–Crippen LogP) is 1.00. The van der Waals surface area contributed by atoms with Crippen molar-refractivity contribution in [1.82, 2.24) is 10.6 Å². The summed E-state index contributed by atoms with van der Waals surface area (Å²) < 4.78 is 0. The van der Waals surface area contributed by atoms with Crippen molar-refractivity contribution in [3.05, 3.63) is 0 Å². The monoisotopic (exact) mass is 198 g/mol. The van der Waals surface area contributed by atoms with Crippen LogP contribution in [-0.2, 0) is 4.79 Å². The van der Waals surface area contributed by atoms with Gasteiger partial charge in [0.1, 0.15) is 0 Å². The summed E-state index contributed by atoms with van der Waals surface area (Å²) in [5, 5.41) is 6.50. The van der Waals surface area contributed by atoms with Crippen molar-refractivity contribution in [1.29, 1.82) is 0 Å². The number of nitrogens with one attached hydrogen (secondary N) is 2. The van der Waals surface area contributed by atoms with Gasteiger partial charge in [-0.15, -0.1) is 0 Å². The van der Waals surface area contributed by atoms with Crippen molar-refractivity contribution in [2.24, 2.45) is 17.8 Å². The fraction of sp³-hybridized carbons (Fsp3) is 0.909. The summed E-state index contributed by atoms with van der Waals surface area (Å²) in [6, 6.07) is 0.339. The Kier molecular flexibility index (Phi) is 3.93. The van der Waals surface area contributed by atoms with E-state index in [1.165, 1.54) is 0 Å². The number of carbonyl (C=O) groups excluding carboxylic acids is 1. The Hall–Kier alpha value is -0.570. The molecule has 2 N–H and O–H groups in total. The minimum absolute atomic E-state index is 0.0873. The van der Waals surface area contributed by atoms with Crippen molar-refractivity contribution in [3.63, 3.8) is 0 Å². The van der Waals surface area contributed by atoms with E-state index < -0.39 is 0 Å². The Morgan fingerprint density at radius 1 is 1.29 bits per heavy atom. The Morgan fingerprint density at radius 3 is 2.21 bits per heavy atom. The van der Waals surface area contributed by atoms with Gasteiger partial charge < -0.3 is 10.6 Å². The van der Waals surface area contributed by atoms with E-state index in [-0.39, 0.29) is 11.8 Å². The molecule has 0 aromatic carbocycles. The number of piperidine rings is 1. The smallest absolute Gasteiger partial charge is 0.222 e. The SMILES string of the molecule is CC(C)C(=O)NC1C(C)CNCC1C. The van der Waals surface area contributed by atoms with Gasteiger partial charge in [-0.05, 0) is 24.9 Å². The molecule has 0 bridgehead atoms. The second-order valence-corrected chi connectivity index (χ2v) is 4.80. The van der Waals surface area contributed by atoms with E-state index in [0.29, 0.717) is 17.9 Å². The number of hydrogen-bond acceptors (Lipinski definition) is 2. The highest BCUT2D eigenvalue weighted by Gasteiger charge is 2.29. The minimum Gasteiger partial charge on any atom is -0.353 e. The largest absolute Gasteiger partial charge is 0.353 e. The van der Waals surface area contributed by atoms with Crippen LogP contribution < -0.4 is 10.6 Å². The van der Waals surface area contributed by atoms with E-state index in [1.54, 1.807) is 0 Å². The zero-order chi connectivity index (χ0) is 10.7. The predicted molar refractivity (Wildman–Crippen MR) is 58.0 cm³/mol. The normalized spacial score (nSPS) is 33.1. The molecule has 1 aliphatic heterocycles. The summed E-state index contributed by atoms with van der Waals surface area (Å²) in [6.45, 7) is 10.3. The van der Waals surface area contributed by atoms with E-state index in [4.69, 9.17) is 0 Å². The van der Waals surface area contributed by atoms with Crippen LogP contribution in [-0.4, -0.2) is 25.0 Å². The van der Waals surface area contributed by atoms with Crippen LogP contribution in [0.25, 0.3) is 0 Å². The molecule has 2 unspecified atom stereocenters. The molecule has 0 radical (unpaired) electrons. The molecule has 1 aliphatic rings. The fourth-order valence-electron chi connectivity index (χ4n) is 1.97. The summed E-state index contributed by atoms with van der Waals surface area (Å²) in [5.41, 5.74) is 0. The van der Waals surface area contributed by atoms with E-state index in [2.05, 4.69) is 24.5 Å². The Balaban J connectivity index is 2.52. The lowest BCUT2D eigenvalue weighted by Gasteiger charge is -2.36. The molecule has 0 aliphatic carbocycles. The highest BCUT2D eigenvalue weighted by molar-refractivity contribution is 5.78. The summed E-state index contributed by atoms with van der Waals surface area (Å²) in [4.78, 5) is 11.6. The van der Waals surface area contributed by atoms with Crippen molar-refractivity contribution >= 4 is 5.91 Å². The van der Waals surface area contributed by atoms with Crippen LogP contribution in [0.4, 0.5) is 0 Å². The van der Waals surface area contributed by atoms with Gasteiger partial charge in [0, 0.05) is 12.0 Å². The van der Waals surface area contributed by atoms with Crippen LogP contribution in [0.15, 0.2) is 0 Å². The van der Waals surface area contributed by atoms with Gasteiger partial charge in [-0.25, -0.2) is 0 Å². The molecule has 1 fully saturated rings. The van der Waals surface area contributed by atoms with Gasteiger partial charge in [0.2, 0.25) is 5.91 Å². The first-order chi connectivity index (χ1) is 6.52. The van der Waals surface area contributed by atoms with Crippen LogP contribution in [0.5, 0.6) is 0 Å². The molecule has 0 aromatic heterocycles. The topological polar surface area (TPSA) is 41.1 Å². The highest BCUT2D eigenvalue weighted by Crippen LogP contribution is 2.16. The summed E-state index contributed by atoms with van der Waals surface area (Å²) >= 11 is 0. The quantitative estimate of drug-likeness (QED) is 0.695. The second-order valence-electron chi connectivity index (χ2n) is 4.80. The molecule has 1 heterocycles. The molecule has 2 atom stereocenters. The van der Waals surface area contributed by atoms with Crippen LogP contribution in [0, 0.1) is 17.8 Å². The van der Waals surface area contributed by atoms with E-state index in [1.807, 2.05) is 13.8 Å². The molecule has 0 aromatic rings. The maximum Gasteiger partial charge on any atom is 0.222 e. The van der Waals surface area contributed by atoms with E-state index >= 15 is 0 Å². The molecular weight excluding hydrogens is 176 g/mol. The minimum atomic E-state index is 0.0873. The maximum absolute atomic E-state index is 11.6. The summed E-state index contributed by atoms with van der Waals surface area (Å²) in [7, 11) is 0. The van der Waals surface area contributed by atoms with Gasteiger partial charge in [-0.1, -0.05) is 27.7 Å². The standard InChI is InChI=1S/C11H22N2O/c1-7(2)11(14)13-10-8(3)5-12-6-9(10)4/h7-10,12H,5-6H2,1-4H3,(H,13,14). The van der Waals surface area contributed by atoms with Crippen LogP contribution in [0.1, 0.15) is 27.7 Å². The third-order valence-electron chi connectivity index (χ3n) is 2.99. The third-order valence-corrected chi connectivity index (χ3v) is 2.99. The highest BCUT2D eigenvalue weighted by atomic mass is 16.1. The van der Waals surface area contributed by atoms with Gasteiger partial charge >= 0.3 is 0 Å². The molecule has 0 spiro atoms. The lowest BCUT2D eigenvalue weighted by atomic mass is 9.86. The summed E-state index contributed by atoms with van der Waals surface area (Å²) in [5.74, 6) is 1.32. The lowest BCUT2D eigenvalue weighted by Crippen LogP contribution is -2.54. The zero-order valence-electron chi connectivity index (χ0n) is 9.63. The van der Waals surface area contributed by atoms with E-state index in [0.717, 1.165) is 13.1 Å². The van der Waals surface area contributed by atoms with Crippen molar-refractivity contribution in [2.75, 3.05) is 13.1 Å². The molecule has 3 heteroatoms. The average Bonchev–Trinajstić information content (AvgIpc) is 2.11. The van der Waals surface area contributed by atoms with Gasteiger partial charge in [0.05, 0.1) is 0 Å². The third kappa shape index (κ3) is 2.71. The van der Waals surface area contributed by atoms with Crippen molar-refractivity contribution in [3.8, 4) is 0 Å². The van der Waals surface area contributed by atoms with Gasteiger partial charge in [0.15, 0.2) is 0 Å². The first kappa shape index (κ1) is 11.5. The first-order valence-corrected chi connectivity index (χ1v) is 5.53. The van der Waals surface area contributed by atoms with Gasteiger partial charge in [0.25, 0.3) is 0 Å². The summed E-state index contributed by atoms with van der Waals surface area (Å²) in [6.07, 6.45) is 0. The number of rotatable bonds is 2. The van der Waals surface area contributed by atoms with Crippen LogP contribution in [0.2, 0.25) is 0 Å². The number of amides is 1. The van der Waals surface area contributed by atoms with Gasteiger partial charge in [-0.3, -0.25) is 4.79 Å². The van der Waals surface area contributed by atoms with E-state index in [9.17, 15) is 4.79 Å². The Morgan fingerprint density at radius 2 is 1.79 bits per heavy atom. The molecule has 0 saturated carbocycles. The molecule has 82 valence electrons. The number of hydrogen-bond donors (Lipinski definition) is 2. The molecule has 3 nitrogen and oxygen atoms in total. The zero-order valence-corrected chi connectivity index (χ0v) is 9.63. The second kappa shape index (κ2) is 4.78. The van der Waals surface area contributed by atoms with Crippen molar-refractivity contribution in [2.45, 2.75) is 33.7 Å². The first-order valence-electron chi connectivity index (χ1n) is 5.53. The fourth-order valence-corrected chi connectivity index (χ4v) is 1.97. The van der Waals surface area contributed by atoms with Crippen LogP contribution in [0.3, 0.4) is 0 Å². The molecule has 14 heavy (non-hydrogen) atoms. The molecular formula is C11H22N2O. The van der Waals surface area contributed by atoms with Crippen molar-refractivity contribution < 1.29 is 4.79 Å². The maximum atomic E-state index is 11.6. The lowest BCUT2D eigenvalue weighted by molar-refractivity contribution is -0.125.